The summed E-state index contributed by atoms with van der Waals surface area (Å²) in [4.78, 5) is 11.6. The molecule has 0 bridgehead atoms. The molecule has 0 atom stereocenters. The average molecular weight is 238 g/mol. The number of hydrogen-bond acceptors (Lipinski definition) is 1. The zero-order chi connectivity index (χ0) is 12.5. The number of rotatable bonds is 5. The van der Waals surface area contributed by atoms with Gasteiger partial charge in [-0.15, -0.1) is 0 Å². The largest absolute Gasteiger partial charge is 0.481 e. The molecule has 0 spiro atoms. The molecule has 0 saturated heterocycles. The lowest BCUT2D eigenvalue weighted by atomic mass is 9.66. The number of carboxylic acids is 1. The molecule has 98 valence electrons. The standard InChI is InChI=1S/C15H26O2/c1-11(2)13-6-9-15(10-7-13,14(16)17)8-5-12-3-4-12/h11-13H,3-10H2,1-2H3,(H,16,17). The molecule has 17 heavy (non-hydrogen) atoms. The van der Waals surface area contributed by atoms with Crippen LogP contribution in [-0.2, 0) is 4.79 Å². The Morgan fingerprint density at radius 3 is 2.24 bits per heavy atom. The van der Waals surface area contributed by atoms with E-state index in [2.05, 4.69) is 13.8 Å². The van der Waals surface area contributed by atoms with Crippen molar-refractivity contribution in [2.24, 2.45) is 23.2 Å². The molecule has 0 radical (unpaired) electrons. The van der Waals surface area contributed by atoms with Gasteiger partial charge in [-0.3, -0.25) is 4.79 Å². The topological polar surface area (TPSA) is 37.3 Å². The van der Waals surface area contributed by atoms with E-state index >= 15 is 0 Å². The highest BCUT2D eigenvalue weighted by Gasteiger charge is 2.42. The lowest BCUT2D eigenvalue weighted by molar-refractivity contribution is -0.152. The molecule has 0 aromatic rings. The van der Waals surface area contributed by atoms with E-state index in [0.29, 0.717) is 5.92 Å². The summed E-state index contributed by atoms with van der Waals surface area (Å²) in [7, 11) is 0. The molecule has 0 aromatic heterocycles. The molecule has 0 amide bonds. The van der Waals surface area contributed by atoms with Gasteiger partial charge in [0.1, 0.15) is 0 Å². The molecule has 2 saturated carbocycles. The van der Waals surface area contributed by atoms with Gasteiger partial charge in [-0.25, -0.2) is 0 Å². The van der Waals surface area contributed by atoms with Crippen molar-refractivity contribution in [2.75, 3.05) is 0 Å². The van der Waals surface area contributed by atoms with Crippen molar-refractivity contribution in [3.63, 3.8) is 0 Å². The van der Waals surface area contributed by atoms with Crippen molar-refractivity contribution in [3.05, 3.63) is 0 Å². The molecule has 0 aliphatic heterocycles. The van der Waals surface area contributed by atoms with E-state index in [4.69, 9.17) is 0 Å². The lowest BCUT2D eigenvalue weighted by Gasteiger charge is -2.38. The molecule has 2 heteroatoms. The summed E-state index contributed by atoms with van der Waals surface area (Å²) >= 11 is 0. The summed E-state index contributed by atoms with van der Waals surface area (Å²) in [5.41, 5.74) is -0.367. The third-order valence-corrected chi connectivity index (χ3v) is 5.11. The molecule has 0 heterocycles. The maximum Gasteiger partial charge on any atom is 0.309 e. The van der Waals surface area contributed by atoms with Crippen LogP contribution in [0.3, 0.4) is 0 Å². The minimum Gasteiger partial charge on any atom is -0.481 e. The van der Waals surface area contributed by atoms with Crippen LogP contribution in [0, 0.1) is 23.2 Å². The first-order valence-electron chi connectivity index (χ1n) is 7.27. The second-order valence-corrected chi connectivity index (χ2v) is 6.65. The Hall–Kier alpha value is -0.530. The normalized spacial score (nSPS) is 33.9. The average Bonchev–Trinajstić information content (AvgIpc) is 3.10. The van der Waals surface area contributed by atoms with Gasteiger partial charge < -0.3 is 5.11 Å². The fourth-order valence-corrected chi connectivity index (χ4v) is 3.32. The van der Waals surface area contributed by atoms with E-state index in [9.17, 15) is 9.90 Å². The molecule has 0 unspecified atom stereocenters. The summed E-state index contributed by atoms with van der Waals surface area (Å²) in [5.74, 6) is 1.79. The van der Waals surface area contributed by atoms with E-state index in [1.807, 2.05) is 0 Å². The van der Waals surface area contributed by atoms with E-state index < -0.39 is 5.97 Å². The zero-order valence-corrected chi connectivity index (χ0v) is 11.2. The first-order valence-corrected chi connectivity index (χ1v) is 7.27. The number of aliphatic carboxylic acids is 1. The predicted molar refractivity (Wildman–Crippen MR) is 68.8 cm³/mol. The molecule has 2 aliphatic rings. The predicted octanol–water partition coefficient (Wildman–Crippen LogP) is 4.09. The highest BCUT2D eigenvalue weighted by atomic mass is 16.4. The first-order chi connectivity index (χ1) is 8.03. The fourth-order valence-electron chi connectivity index (χ4n) is 3.32. The Kier molecular flexibility index (Phi) is 3.79. The Morgan fingerprint density at radius 2 is 1.82 bits per heavy atom. The Morgan fingerprint density at radius 1 is 1.24 bits per heavy atom. The third kappa shape index (κ3) is 3.02. The first kappa shape index (κ1) is 12.9. The van der Waals surface area contributed by atoms with Gasteiger partial charge >= 0.3 is 5.97 Å². The van der Waals surface area contributed by atoms with Gasteiger partial charge in [-0.1, -0.05) is 26.7 Å². The smallest absolute Gasteiger partial charge is 0.309 e. The monoisotopic (exact) mass is 238 g/mol. The van der Waals surface area contributed by atoms with Gasteiger partial charge in [0.05, 0.1) is 5.41 Å². The minimum absolute atomic E-state index is 0.367. The van der Waals surface area contributed by atoms with Crippen LogP contribution in [0.25, 0.3) is 0 Å². The summed E-state index contributed by atoms with van der Waals surface area (Å²) in [6.45, 7) is 4.53. The van der Waals surface area contributed by atoms with Crippen LogP contribution in [0.2, 0.25) is 0 Å². The van der Waals surface area contributed by atoms with Crippen LogP contribution in [0.1, 0.15) is 65.2 Å². The van der Waals surface area contributed by atoms with Gasteiger partial charge in [-0.05, 0) is 56.3 Å². The maximum atomic E-state index is 11.6. The number of carboxylic acid groups (broad SMARTS) is 1. The van der Waals surface area contributed by atoms with Crippen molar-refractivity contribution < 1.29 is 9.90 Å². The summed E-state index contributed by atoms with van der Waals surface area (Å²) in [5, 5.41) is 9.55. The van der Waals surface area contributed by atoms with Crippen LogP contribution in [0.4, 0.5) is 0 Å². The molecule has 0 aromatic carbocycles. The van der Waals surface area contributed by atoms with Gasteiger partial charge in [-0.2, -0.15) is 0 Å². The molecular weight excluding hydrogens is 212 g/mol. The number of hydrogen-bond donors (Lipinski definition) is 1. The van der Waals surface area contributed by atoms with E-state index in [1.165, 1.54) is 12.8 Å². The van der Waals surface area contributed by atoms with E-state index in [1.54, 1.807) is 0 Å². The van der Waals surface area contributed by atoms with Crippen molar-refractivity contribution in [1.29, 1.82) is 0 Å². The maximum absolute atomic E-state index is 11.6. The van der Waals surface area contributed by atoms with Crippen LogP contribution >= 0.6 is 0 Å². The summed E-state index contributed by atoms with van der Waals surface area (Å²) < 4.78 is 0. The summed E-state index contributed by atoms with van der Waals surface area (Å²) in [6.07, 6.45) is 8.82. The highest BCUT2D eigenvalue weighted by molar-refractivity contribution is 5.74. The van der Waals surface area contributed by atoms with Crippen LogP contribution in [0.5, 0.6) is 0 Å². The summed E-state index contributed by atoms with van der Waals surface area (Å²) in [6, 6.07) is 0. The molecule has 2 aliphatic carbocycles. The van der Waals surface area contributed by atoms with Gasteiger partial charge in [0.15, 0.2) is 0 Å². The van der Waals surface area contributed by atoms with Crippen molar-refractivity contribution in [3.8, 4) is 0 Å². The van der Waals surface area contributed by atoms with Crippen molar-refractivity contribution in [2.45, 2.75) is 65.2 Å². The molecular formula is C15H26O2. The van der Waals surface area contributed by atoms with Gasteiger partial charge in [0.25, 0.3) is 0 Å². The SMILES string of the molecule is CC(C)C1CCC(CCC2CC2)(C(=O)O)CC1. The van der Waals surface area contributed by atoms with Crippen LogP contribution in [0.15, 0.2) is 0 Å². The molecule has 2 nitrogen and oxygen atoms in total. The second-order valence-electron chi connectivity index (χ2n) is 6.65. The Balaban J connectivity index is 1.91. The lowest BCUT2D eigenvalue weighted by Crippen LogP contribution is -2.36. The van der Waals surface area contributed by atoms with E-state index in [0.717, 1.165) is 50.4 Å². The third-order valence-electron chi connectivity index (χ3n) is 5.11. The van der Waals surface area contributed by atoms with Gasteiger partial charge in [0, 0.05) is 0 Å². The van der Waals surface area contributed by atoms with Crippen LogP contribution < -0.4 is 0 Å². The molecule has 2 rings (SSSR count). The quantitative estimate of drug-likeness (QED) is 0.783. The highest BCUT2D eigenvalue weighted by Crippen LogP contribution is 2.47. The Bertz CT molecular complexity index is 271. The van der Waals surface area contributed by atoms with Crippen molar-refractivity contribution >= 4 is 5.97 Å². The number of carbonyl (C=O) groups is 1. The van der Waals surface area contributed by atoms with Crippen LogP contribution in [-0.4, -0.2) is 11.1 Å². The van der Waals surface area contributed by atoms with E-state index in [-0.39, 0.29) is 5.41 Å². The molecule has 2 fully saturated rings. The molecule has 1 N–H and O–H groups in total. The minimum atomic E-state index is -0.527. The van der Waals surface area contributed by atoms with Gasteiger partial charge in [0.2, 0.25) is 0 Å². The zero-order valence-electron chi connectivity index (χ0n) is 11.2. The Labute approximate surface area is 105 Å². The fraction of sp³-hybridized carbons (Fsp3) is 0.933. The second kappa shape index (κ2) is 4.99. The van der Waals surface area contributed by atoms with Crippen molar-refractivity contribution in [1.82, 2.24) is 0 Å².